The van der Waals surface area contributed by atoms with Crippen LogP contribution in [0.1, 0.15) is 43.5 Å². The molecule has 0 aliphatic carbocycles. The SMILES string of the molecule is CC(C)CCOc1ccc(Br)cc1C(=O)NC(=S)Nc1ccc(S(=O)(=O)NCC2CCCO2)cc1. The molecule has 1 unspecified atom stereocenters. The van der Waals surface area contributed by atoms with E-state index in [9.17, 15) is 13.2 Å². The summed E-state index contributed by atoms with van der Waals surface area (Å²) in [5, 5.41) is 5.62. The molecule has 1 aliphatic heterocycles. The molecule has 0 spiro atoms. The minimum Gasteiger partial charge on any atom is -0.493 e. The fraction of sp³-hybridized carbons (Fsp3) is 0.417. The lowest BCUT2D eigenvalue weighted by Crippen LogP contribution is -2.34. The number of hydrogen-bond acceptors (Lipinski definition) is 6. The Bertz CT molecular complexity index is 1130. The maximum absolute atomic E-state index is 12.8. The van der Waals surface area contributed by atoms with E-state index in [-0.39, 0.29) is 22.7 Å². The van der Waals surface area contributed by atoms with Crippen LogP contribution in [0.2, 0.25) is 0 Å². The van der Waals surface area contributed by atoms with Gasteiger partial charge in [0.25, 0.3) is 5.91 Å². The van der Waals surface area contributed by atoms with Gasteiger partial charge in [-0.05, 0) is 79.9 Å². The first-order valence-electron chi connectivity index (χ1n) is 11.4. The summed E-state index contributed by atoms with van der Waals surface area (Å²) in [6, 6.07) is 11.3. The molecule has 1 atom stereocenters. The minimum absolute atomic E-state index is 0.0789. The Kier molecular flexibility index (Phi) is 10.0. The standard InChI is InChI=1S/C24H30BrN3O5S2/c1-16(2)11-13-33-22-10-5-17(25)14-21(22)23(29)28-24(34)27-18-6-8-20(9-7-18)35(30,31)26-15-19-4-3-12-32-19/h5-10,14,16,19,26H,3-4,11-13,15H2,1-2H3,(H2,27,28,29,34). The zero-order valence-corrected chi connectivity index (χ0v) is 22.9. The summed E-state index contributed by atoms with van der Waals surface area (Å²) in [6.07, 6.45) is 2.57. The smallest absolute Gasteiger partial charge is 0.261 e. The predicted octanol–water partition coefficient (Wildman–Crippen LogP) is 4.46. The average Bonchev–Trinajstić information content (AvgIpc) is 3.32. The second kappa shape index (κ2) is 12.8. The topological polar surface area (TPSA) is 106 Å². The van der Waals surface area contributed by atoms with E-state index in [1.807, 2.05) is 6.07 Å². The van der Waals surface area contributed by atoms with E-state index < -0.39 is 15.9 Å². The maximum Gasteiger partial charge on any atom is 0.261 e. The molecule has 1 saturated heterocycles. The number of anilines is 1. The van der Waals surface area contributed by atoms with Crippen LogP contribution in [0.4, 0.5) is 5.69 Å². The van der Waals surface area contributed by atoms with Gasteiger partial charge in [-0.3, -0.25) is 10.1 Å². The summed E-state index contributed by atoms with van der Waals surface area (Å²) >= 11 is 8.66. The Morgan fingerprint density at radius 3 is 2.63 bits per heavy atom. The summed E-state index contributed by atoms with van der Waals surface area (Å²) in [5.74, 6) is 0.540. The fourth-order valence-corrected chi connectivity index (χ4v) is 4.99. The van der Waals surface area contributed by atoms with Gasteiger partial charge in [0.2, 0.25) is 10.0 Å². The van der Waals surface area contributed by atoms with E-state index in [2.05, 4.69) is 45.1 Å². The molecular formula is C24H30BrN3O5S2. The lowest BCUT2D eigenvalue weighted by atomic mass is 10.1. The molecular weight excluding hydrogens is 554 g/mol. The second-order valence-corrected chi connectivity index (χ2v) is 11.7. The number of benzene rings is 2. The van der Waals surface area contributed by atoms with Crippen molar-refractivity contribution in [1.29, 1.82) is 0 Å². The van der Waals surface area contributed by atoms with Crippen molar-refractivity contribution < 1.29 is 22.7 Å². The van der Waals surface area contributed by atoms with Crippen molar-refractivity contribution in [3.8, 4) is 5.75 Å². The van der Waals surface area contributed by atoms with Crippen molar-refractivity contribution in [1.82, 2.24) is 10.0 Å². The summed E-state index contributed by atoms with van der Waals surface area (Å²) in [7, 11) is -3.65. The van der Waals surface area contributed by atoms with Gasteiger partial charge in [-0.15, -0.1) is 0 Å². The van der Waals surface area contributed by atoms with Gasteiger partial charge in [0.05, 0.1) is 23.2 Å². The molecule has 1 aliphatic rings. The highest BCUT2D eigenvalue weighted by Gasteiger charge is 2.20. The molecule has 35 heavy (non-hydrogen) atoms. The number of hydrogen-bond donors (Lipinski definition) is 3. The Hall–Kier alpha value is -2.05. The molecule has 3 rings (SSSR count). The van der Waals surface area contributed by atoms with Crippen LogP contribution < -0.4 is 20.1 Å². The summed E-state index contributed by atoms with van der Waals surface area (Å²) < 4.78 is 39.6. The first kappa shape index (κ1) is 27.5. The quantitative estimate of drug-likeness (QED) is 0.354. The van der Waals surface area contributed by atoms with Crippen LogP contribution in [-0.2, 0) is 14.8 Å². The predicted molar refractivity (Wildman–Crippen MR) is 143 cm³/mol. The van der Waals surface area contributed by atoms with Crippen molar-refractivity contribution >= 4 is 54.9 Å². The third-order valence-corrected chi connectivity index (χ3v) is 7.45. The zero-order valence-electron chi connectivity index (χ0n) is 19.7. The van der Waals surface area contributed by atoms with Crippen molar-refractivity contribution in [2.45, 2.75) is 44.1 Å². The normalized spacial score (nSPS) is 15.7. The molecule has 0 aromatic heterocycles. The molecule has 2 aromatic rings. The molecule has 2 aromatic carbocycles. The number of thiocarbonyl (C=S) groups is 1. The van der Waals surface area contributed by atoms with Gasteiger partial charge in [-0.2, -0.15) is 0 Å². The van der Waals surface area contributed by atoms with Crippen LogP contribution in [-0.4, -0.2) is 45.3 Å². The highest BCUT2D eigenvalue weighted by atomic mass is 79.9. The number of rotatable bonds is 10. The van der Waals surface area contributed by atoms with E-state index in [1.54, 1.807) is 24.3 Å². The average molecular weight is 585 g/mol. The van der Waals surface area contributed by atoms with Crippen molar-refractivity contribution in [2.24, 2.45) is 5.92 Å². The summed E-state index contributed by atoms with van der Waals surface area (Å²) in [6.45, 7) is 5.62. The van der Waals surface area contributed by atoms with Gasteiger partial charge >= 0.3 is 0 Å². The number of carbonyl (C=O) groups excluding carboxylic acids is 1. The Labute approximate surface area is 220 Å². The van der Waals surface area contributed by atoms with E-state index in [0.29, 0.717) is 36.1 Å². The third kappa shape index (κ3) is 8.53. The number of nitrogens with one attached hydrogen (secondary N) is 3. The Morgan fingerprint density at radius 1 is 1.23 bits per heavy atom. The molecule has 1 fully saturated rings. The molecule has 0 radical (unpaired) electrons. The van der Waals surface area contributed by atoms with Crippen molar-refractivity contribution in [3.05, 3.63) is 52.5 Å². The maximum atomic E-state index is 12.8. The zero-order chi connectivity index (χ0) is 25.4. The molecule has 1 heterocycles. The summed E-state index contributed by atoms with van der Waals surface area (Å²) in [5.41, 5.74) is 0.891. The van der Waals surface area contributed by atoms with Gasteiger partial charge in [-0.1, -0.05) is 29.8 Å². The molecule has 190 valence electrons. The van der Waals surface area contributed by atoms with Gasteiger partial charge in [0, 0.05) is 23.3 Å². The Morgan fingerprint density at radius 2 is 1.97 bits per heavy atom. The molecule has 3 N–H and O–H groups in total. The van der Waals surface area contributed by atoms with E-state index in [1.165, 1.54) is 12.1 Å². The van der Waals surface area contributed by atoms with Gasteiger partial charge in [-0.25, -0.2) is 13.1 Å². The van der Waals surface area contributed by atoms with Crippen molar-refractivity contribution in [3.63, 3.8) is 0 Å². The minimum atomic E-state index is -3.65. The Balaban J connectivity index is 1.57. The first-order chi connectivity index (χ1) is 16.6. The highest BCUT2D eigenvalue weighted by Crippen LogP contribution is 2.24. The largest absolute Gasteiger partial charge is 0.493 e. The van der Waals surface area contributed by atoms with Crippen LogP contribution in [0.5, 0.6) is 5.75 Å². The number of halogens is 1. The third-order valence-electron chi connectivity index (χ3n) is 5.31. The molecule has 8 nitrogen and oxygen atoms in total. The first-order valence-corrected chi connectivity index (χ1v) is 14.1. The van der Waals surface area contributed by atoms with Crippen molar-refractivity contribution in [2.75, 3.05) is 25.1 Å². The van der Waals surface area contributed by atoms with E-state index in [0.717, 1.165) is 23.7 Å². The number of sulfonamides is 1. The molecule has 0 saturated carbocycles. The number of amides is 1. The number of ether oxygens (including phenoxy) is 2. The van der Waals surface area contributed by atoms with E-state index >= 15 is 0 Å². The molecule has 0 bridgehead atoms. The second-order valence-electron chi connectivity index (χ2n) is 8.59. The van der Waals surface area contributed by atoms with Gasteiger partial charge < -0.3 is 14.8 Å². The lowest BCUT2D eigenvalue weighted by molar-refractivity contribution is 0.0973. The van der Waals surface area contributed by atoms with Crippen LogP contribution in [0, 0.1) is 5.92 Å². The molecule has 1 amide bonds. The van der Waals surface area contributed by atoms with E-state index in [4.69, 9.17) is 21.7 Å². The summed E-state index contributed by atoms with van der Waals surface area (Å²) in [4.78, 5) is 13.0. The lowest BCUT2D eigenvalue weighted by Gasteiger charge is -2.14. The van der Waals surface area contributed by atoms with Gasteiger partial charge in [0.15, 0.2) is 5.11 Å². The van der Waals surface area contributed by atoms with Crippen LogP contribution in [0.15, 0.2) is 51.8 Å². The number of carbonyl (C=O) groups is 1. The van der Waals surface area contributed by atoms with Gasteiger partial charge in [0.1, 0.15) is 5.75 Å². The fourth-order valence-electron chi connectivity index (χ4n) is 3.35. The highest BCUT2D eigenvalue weighted by molar-refractivity contribution is 9.10. The molecule has 11 heteroatoms. The monoisotopic (exact) mass is 583 g/mol. The van der Waals surface area contributed by atoms with Crippen LogP contribution in [0.3, 0.4) is 0 Å². The van der Waals surface area contributed by atoms with Crippen LogP contribution in [0.25, 0.3) is 0 Å². The van der Waals surface area contributed by atoms with Crippen LogP contribution >= 0.6 is 28.1 Å².